The van der Waals surface area contributed by atoms with E-state index in [4.69, 9.17) is 0 Å². The van der Waals surface area contributed by atoms with E-state index in [0.717, 1.165) is 36.0 Å². The van der Waals surface area contributed by atoms with E-state index in [2.05, 4.69) is 11.4 Å². The van der Waals surface area contributed by atoms with Gasteiger partial charge in [-0.25, -0.2) is 8.42 Å². The number of amides is 1. The van der Waals surface area contributed by atoms with Gasteiger partial charge in [-0.3, -0.25) is 9.10 Å². The summed E-state index contributed by atoms with van der Waals surface area (Å²) in [5, 5.41) is 3.09. The van der Waals surface area contributed by atoms with Gasteiger partial charge in [0.25, 0.3) is 10.0 Å². The zero-order valence-electron chi connectivity index (χ0n) is 18.4. The molecular formula is C26H28N2O3S. The number of hydrogen-bond donors (Lipinski definition) is 1. The van der Waals surface area contributed by atoms with E-state index in [0.29, 0.717) is 5.69 Å². The number of sulfonamides is 1. The number of carbonyl (C=O) groups excluding carboxylic acids is 1. The largest absolute Gasteiger partial charge is 0.348 e. The average Bonchev–Trinajstić information content (AvgIpc) is 2.80. The molecule has 166 valence electrons. The Morgan fingerprint density at radius 2 is 1.69 bits per heavy atom. The van der Waals surface area contributed by atoms with E-state index in [1.54, 1.807) is 36.4 Å². The van der Waals surface area contributed by atoms with Gasteiger partial charge in [-0.2, -0.15) is 0 Å². The summed E-state index contributed by atoms with van der Waals surface area (Å²) in [4.78, 5) is 13.3. The molecule has 1 atom stereocenters. The van der Waals surface area contributed by atoms with E-state index in [1.807, 2.05) is 44.2 Å². The van der Waals surface area contributed by atoms with Crippen molar-refractivity contribution in [2.24, 2.45) is 0 Å². The van der Waals surface area contributed by atoms with Crippen molar-refractivity contribution in [1.82, 2.24) is 5.32 Å². The highest BCUT2D eigenvalue weighted by Gasteiger charge is 2.30. The highest BCUT2D eigenvalue weighted by Crippen LogP contribution is 2.31. The van der Waals surface area contributed by atoms with Crippen LogP contribution in [0.1, 0.15) is 41.1 Å². The molecule has 4 rings (SSSR count). The maximum Gasteiger partial charge on any atom is 0.264 e. The third-order valence-corrected chi connectivity index (χ3v) is 7.94. The molecule has 1 amide bonds. The third kappa shape index (κ3) is 4.41. The van der Waals surface area contributed by atoms with Crippen molar-refractivity contribution < 1.29 is 13.2 Å². The highest BCUT2D eigenvalue weighted by molar-refractivity contribution is 7.92. The SMILES string of the molecule is Cc1cccc(N(CC(=O)NC2CCCc3ccccc32)S(=O)(=O)c2ccccc2)c1C. The van der Waals surface area contributed by atoms with Gasteiger partial charge in [0.1, 0.15) is 6.54 Å². The Morgan fingerprint density at radius 1 is 0.969 bits per heavy atom. The molecule has 5 nitrogen and oxygen atoms in total. The van der Waals surface area contributed by atoms with Crippen molar-refractivity contribution in [3.8, 4) is 0 Å². The Kier molecular flexibility index (Phi) is 6.33. The lowest BCUT2D eigenvalue weighted by molar-refractivity contribution is -0.120. The van der Waals surface area contributed by atoms with Gasteiger partial charge in [-0.05, 0) is 73.6 Å². The highest BCUT2D eigenvalue weighted by atomic mass is 32.2. The van der Waals surface area contributed by atoms with Crippen LogP contribution >= 0.6 is 0 Å². The molecule has 1 N–H and O–H groups in total. The molecule has 0 aromatic heterocycles. The zero-order valence-corrected chi connectivity index (χ0v) is 19.2. The summed E-state index contributed by atoms with van der Waals surface area (Å²) in [6.07, 6.45) is 2.84. The van der Waals surface area contributed by atoms with Gasteiger partial charge in [0.15, 0.2) is 0 Å². The van der Waals surface area contributed by atoms with Crippen molar-refractivity contribution in [2.75, 3.05) is 10.8 Å². The number of hydrogen-bond acceptors (Lipinski definition) is 3. The minimum Gasteiger partial charge on any atom is -0.348 e. The number of nitrogens with one attached hydrogen (secondary N) is 1. The van der Waals surface area contributed by atoms with Crippen LogP contribution in [0.25, 0.3) is 0 Å². The second kappa shape index (κ2) is 9.17. The van der Waals surface area contributed by atoms with E-state index in [1.165, 1.54) is 9.87 Å². The van der Waals surface area contributed by atoms with Crippen molar-refractivity contribution in [1.29, 1.82) is 0 Å². The number of aryl methyl sites for hydroxylation is 2. The van der Waals surface area contributed by atoms with Gasteiger partial charge in [-0.1, -0.05) is 54.6 Å². The van der Waals surface area contributed by atoms with E-state index >= 15 is 0 Å². The molecule has 0 aliphatic heterocycles. The van der Waals surface area contributed by atoms with Crippen LogP contribution in [0.15, 0.2) is 77.7 Å². The number of carbonyl (C=O) groups is 1. The normalized spacial score (nSPS) is 15.6. The molecule has 0 fully saturated rings. The first-order valence-corrected chi connectivity index (χ1v) is 12.3. The lowest BCUT2D eigenvalue weighted by atomic mass is 9.88. The number of benzene rings is 3. The summed E-state index contributed by atoms with van der Waals surface area (Å²) < 4.78 is 28.4. The van der Waals surface area contributed by atoms with Crippen LogP contribution in [0.2, 0.25) is 0 Å². The fourth-order valence-corrected chi connectivity index (χ4v) is 5.80. The minimum absolute atomic E-state index is 0.104. The van der Waals surface area contributed by atoms with Crippen molar-refractivity contribution >= 4 is 21.6 Å². The van der Waals surface area contributed by atoms with Gasteiger partial charge in [0.05, 0.1) is 16.6 Å². The summed E-state index contributed by atoms with van der Waals surface area (Å²) in [7, 11) is -3.92. The molecule has 0 saturated carbocycles. The molecule has 1 aliphatic carbocycles. The van der Waals surface area contributed by atoms with Crippen LogP contribution in [-0.4, -0.2) is 20.9 Å². The van der Waals surface area contributed by atoms with Crippen molar-refractivity contribution in [3.05, 3.63) is 95.1 Å². The van der Waals surface area contributed by atoms with Crippen LogP contribution in [-0.2, 0) is 21.2 Å². The third-order valence-electron chi connectivity index (χ3n) is 6.17. The first kappa shape index (κ1) is 22.1. The van der Waals surface area contributed by atoms with Crippen LogP contribution in [0.5, 0.6) is 0 Å². The smallest absolute Gasteiger partial charge is 0.264 e. The second-order valence-electron chi connectivity index (χ2n) is 8.25. The van der Waals surface area contributed by atoms with Gasteiger partial charge >= 0.3 is 0 Å². The molecular weight excluding hydrogens is 420 g/mol. The quantitative estimate of drug-likeness (QED) is 0.595. The fourth-order valence-electron chi connectivity index (χ4n) is 4.30. The molecule has 3 aromatic carbocycles. The number of nitrogens with zero attached hydrogens (tertiary/aromatic N) is 1. The van der Waals surface area contributed by atoms with Crippen molar-refractivity contribution in [3.63, 3.8) is 0 Å². The summed E-state index contributed by atoms with van der Waals surface area (Å²) >= 11 is 0. The molecule has 0 radical (unpaired) electrons. The van der Waals surface area contributed by atoms with Crippen LogP contribution in [0, 0.1) is 13.8 Å². The first-order chi connectivity index (χ1) is 15.4. The van der Waals surface area contributed by atoms with Gasteiger partial charge in [0.2, 0.25) is 5.91 Å². The summed E-state index contributed by atoms with van der Waals surface area (Å²) in [5.41, 5.74) is 4.69. The summed E-state index contributed by atoms with van der Waals surface area (Å²) in [6.45, 7) is 3.54. The fraction of sp³-hybridized carbons (Fsp3) is 0.269. The van der Waals surface area contributed by atoms with Gasteiger partial charge in [-0.15, -0.1) is 0 Å². The van der Waals surface area contributed by atoms with E-state index in [-0.39, 0.29) is 23.4 Å². The zero-order chi connectivity index (χ0) is 22.7. The first-order valence-electron chi connectivity index (χ1n) is 10.9. The summed E-state index contributed by atoms with van der Waals surface area (Å²) in [5.74, 6) is -0.313. The number of rotatable bonds is 6. The topological polar surface area (TPSA) is 66.5 Å². The Labute approximate surface area is 190 Å². The van der Waals surface area contributed by atoms with Crippen LogP contribution < -0.4 is 9.62 Å². The van der Waals surface area contributed by atoms with Gasteiger partial charge < -0.3 is 5.32 Å². The lowest BCUT2D eigenvalue weighted by Crippen LogP contribution is -2.42. The predicted molar refractivity (Wildman–Crippen MR) is 127 cm³/mol. The predicted octanol–water partition coefficient (Wildman–Crippen LogP) is 4.69. The maximum atomic E-state index is 13.6. The molecule has 0 saturated heterocycles. The number of anilines is 1. The maximum absolute atomic E-state index is 13.6. The van der Waals surface area contributed by atoms with E-state index in [9.17, 15) is 13.2 Å². The Hall–Kier alpha value is -3.12. The lowest BCUT2D eigenvalue weighted by Gasteiger charge is -2.29. The molecule has 1 aliphatic rings. The average molecular weight is 449 g/mol. The molecule has 6 heteroatoms. The van der Waals surface area contributed by atoms with E-state index < -0.39 is 10.0 Å². The molecule has 32 heavy (non-hydrogen) atoms. The molecule has 1 unspecified atom stereocenters. The molecule has 0 heterocycles. The Balaban J connectivity index is 1.66. The molecule has 0 bridgehead atoms. The Bertz CT molecular complexity index is 1220. The van der Waals surface area contributed by atoms with Crippen molar-refractivity contribution in [2.45, 2.75) is 44.0 Å². The minimum atomic E-state index is -3.92. The molecule has 3 aromatic rings. The summed E-state index contributed by atoms with van der Waals surface area (Å²) in [6, 6.07) is 21.8. The second-order valence-corrected chi connectivity index (χ2v) is 10.1. The van der Waals surface area contributed by atoms with Crippen LogP contribution in [0.3, 0.4) is 0 Å². The Morgan fingerprint density at radius 3 is 2.47 bits per heavy atom. The standard InChI is InChI=1S/C26H28N2O3S/c1-19-10-8-17-25(20(19)2)28(32(30,31)22-13-4-3-5-14-22)18-26(29)27-24-16-9-12-21-11-6-7-15-23(21)24/h3-8,10-11,13-15,17,24H,9,12,16,18H2,1-2H3,(H,27,29). The molecule has 0 spiro atoms. The van der Waals surface area contributed by atoms with Gasteiger partial charge in [0, 0.05) is 0 Å². The number of fused-ring (bicyclic) bond motifs is 1. The van der Waals surface area contributed by atoms with Crippen LogP contribution in [0.4, 0.5) is 5.69 Å². The monoisotopic (exact) mass is 448 g/mol.